The molecule has 5 rings (SSSR count). The van der Waals surface area contributed by atoms with Gasteiger partial charge >= 0.3 is 0 Å². The van der Waals surface area contributed by atoms with E-state index in [9.17, 15) is 24.9 Å². The van der Waals surface area contributed by atoms with E-state index >= 15 is 0 Å². The van der Waals surface area contributed by atoms with Gasteiger partial charge in [0.05, 0.1) is 12.0 Å². The van der Waals surface area contributed by atoms with Gasteiger partial charge in [-0.25, -0.2) is 15.0 Å². The number of aromatic amines is 1. The third kappa shape index (κ3) is 4.28. The number of aromatic hydroxyl groups is 1. The molecule has 36 heavy (non-hydrogen) atoms. The first-order valence-electron chi connectivity index (χ1n) is 11.1. The molecule has 0 radical (unpaired) electrons. The van der Waals surface area contributed by atoms with Gasteiger partial charge in [0, 0.05) is 36.4 Å². The van der Waals surface area contributed by atoms with Crippen LogP contribution in [0.15, 0.2) is 37.1 Å². The number of carbonyl (C=O) groups is 2. The van der Waals surface area contributed by atoms with Crippen molar-refractivity contribution in [2.75, 3.05) is 17.6 Å². The molecule has 1 aliphatic rings. The van der Waals surface area contributed by atoms with Crippen molar-refractivity contribution in [3.8, 4) is 5.88 Å². The molecule has 14 heteroatoms. The number of H-pyrrole nitrogens is 1. The van der Waals surface area contributed by atoms with Crippen LogP contribution in [-0.2, 0) is 14.3 Å². The van der Waals surface area contributed by atoms with Gasteiger partial charge in [-0.3, -0.25) is 14.2 Å². The van der Waals surface area contributed by atoms with E-state index in [2.05, 4.69) is 30.6 Å². The molecule has 1 aliphatic heterocycles. The summed E-state index contributed by atoms with van der Waals surface area (Å²) in [6.45, 7) is -0.0825. The maximum atomic E-state index is 12.3. The predicted molar refractivity (Wildman–Crippen MR) is 126 cm³/mol. The number of nitrogens with zero attached hydrogens (tertiary/aromatic N) is 4. The van der Waals surface area contributed by atoms with Crippen molar-refractivity contribution in [3.05, 3.63) is 37.1 Å². The minimum atomic E-state index is -1.30. The lowest BCUT2D eigenvalue weighted by Crippen LogP contribution is -2.40. The van der Waals surface area contributed by atoms with Gasteiger partial charge in [-0.05, 0) is 12.1 Å². The number of benzene rings is 1. The number of nitrogen functional groups attached to an aromatic ring is 1. The molecular weight excluding hydrogens is 472 g/mol. The van der Waals surface area contributed by atoms with Crippen LogP contribution in [0.25, 0.3) is 21.9 Å². The third-order valence-electron chi connectivity index (χ3n) is 6.07. The second-order valence-electron chi connectivity index (χ2n) is 8.39. The summed E-state index contributed by atoms with van der Waals surface area (Å²) in [6, 6.07) is 5.10. The Morgan fingerprint density at radius 2 is 1.92 bits per heavy atom. The Morgan fingerprint density at radius 3 is 2.75 bits per heavy atom. The van der Waals surface area contributed by atoms with Crippen LogP contribution < -0.4 is 16.4 Å². The lowest BCUT2D eigenvalue weighted by Gasteiger charge is -2.16. The number of carbonyl (C=O) groups excluding carboxylic acids is 2. The van der Waals surface area contributed by atoms with Crippen LogP contribution in [-0.4, -0.2) is 76.5 Å². The highest BCUT2D eigenvalue weighted by Crippen LogP contribution is 2.32. The van der Waals surface area contributed by atoms with E-state index in [1.165, 1.54) is 17.2 Å². The van der Waals surface area contributed by atoms with Gasteiger partial charge in [0.15, 0.2) is 23.6 Å². The van der Waals surface area contributed by atoms with Crippen LogP contribution >= 0.6 is 0 Å². The minimum absolute atomic E-state index is 0.00257. The van der Waals surface area contributed by atoms with Gasteiger partial charge in [0.25, 0.3) is 0 Å². The lowest BCUT2D eigenvalue weighted by molar-refractivity contribution is -0.125. The number of aromatic nitrogens is 5. The molecule has 188 valence electrons. The fourth-order valence-electron chi connectivity index (χ4n) is 4.18. The van der Waals surface area contributed by atoms with Crippen LogP contribution in [0, 0.1) is 0 Å². The Balaban J connectivity index is 1.14. The monoisotopic (exact) mass is 496 g/mol. The maximum absolute atomic E-state index is 12.3. The number of hydrogen-bond acceptors (Lipinski definition) is 10. The van der Waals surface area contributed by atoms with E-state index in [4.69, 9.17) is 10.5 Å². The molecule has 0 saturated carbocycles. The fraction of sp³-hybridized carbons (Fsp3) is 0.318. The summed E-state index contributed by atoms with van der Waals surface area (Å²) in [4.78, 5) is 39.4. The zero-order chi connectivity index (χ0) is 25.4. The first-order valence-corrected chi connectivity index (χ1v) is 11.1. The SMILES string of the molecule is Nc1ncnc2c1ncn2C1OC(CNC(=O)CCC(=O)Nc2cccc3c(O)[nH]cc23)C(O)C1O. The molecule has 1 saturated heterocycles. The molecule has 4 unspecified atom stereocenters. The number of imidazole rings is 1. The average molecular weight is 496 g/mol. The summed E-state index contributed by atoms with van der Waals surface area (Å²) in [5, 5.41) is 37.3. The van der Waals surface area contributed by atoms with Crippen LogP contribution in [0.1, 0.15) is 19.1 Å². The van der Waals surface area contributed by atoms with Crippen molar-refractivity contribution in [1.29, 1.82) is 0 Å². The summed E-state index contributed by atoms with van der Waals surface area (Å²) < 4.78 is 7.22. The smallest absolute Gasteiger partial charge is 0.224 e. The van der Waals surface area contributed by atoms with E-state index in [0.717, 1.165) is 0 Å². The standard InChI is InChI=1S/C22H24N8O6/c23-19-16-20(27-8-26-19)30(9-28-16)22-18(34)17(33)13(36-22)7-24-14(31)4-5-15(32)29-12-3-1-2-10-11(12)6-25-21(10)35/h1-3,6,8-9,13,17-18,22,25,33-35H,4-5,7H2,(H,24,31)(H,29,32)(H2,23,26,27). The van der Waals surface area contributed by atoms with Crippen molar-refractivity contribution in [2.45, 2.75) is 37.4 Å². The summed E-state index contributed by atoms with van der Waals surface area (Å²) in [5.41, 5.74) is 6.97. The van der Waals surface area contributed by atoms with Gasteiger partial charge in [-0.15, -0.1) is 0 Å². The van der Waals surface area contributed by atoms with E-state index < -0.39 is 30.4 Å². The van der Waals surface area contributed by atoms with E-state index in [1.54, 1.807) is 24.4 Å². The highest BCUT2D eigenvalue weighted by atomic mass is 16.6. The molecule has 3 aromatic heterocycles. The molecule has 1 aromatic carbocycles. The molecule has 0 bridgehead atoms. The Kier molecular flexibility index (Phi) is 6.13. The highest BCUT2D eigenvalue weighted by molar-refractivity contribution is 6.04. The number of rotatable bonds is 7. The number of nitrogens with two attached hydrogens (primary N) is 1. The first kappa shape index (κ1) is 23.5. The number of hydrogen-bond donors (Lipinski definition) is 7. The number of anilines is 2. The summed E-state index contributed by atoms with van der Waals surface area (Å²) in [7, 11) is 0. The largest absolute Gasteiger partial charge is 0.494 e. The zero-order valence-corrected chi connectivity index (χ0v) is 18.8. The number of nitrogens with one attached hydrogen (secondary N) is 3. The van der Waals surface area contributed by atoms with Crippen LogP contribution in [0.3, 0.4) is 0 Å². The second-order valence-corrected chi connectivity index (χ2v) is 8.39. The highest BCUT2D eigenvalue weighted by Gasteiger charge is 2.44. The third-order valence-corrected chi connectivity index (χ3v) is 6.07. The molecule has 0 aliphatic carbocycles. The van der Waals surface area contributed by atoms with E-state index in [0.29, 0.717) is 27.6 Å². The summed E-state index contributed by atoms with van der Waals surface area (Å²) in [6.07, 6.45) is -0.459. The van der Waals surface area contributed by atoms with Crippen LogP contribution in [0.5, 0.6) is 5.88 Å². The zero-order valence-electron chi connectivity index (χ0n) is 18.8. The van der Waals surface area contributed by atoms with Crippen molar-refractivity contribution in [3.63, 3.8) is 0 Å². The predicted octanol–water partition coefficient (Wildman–Crippen LogP) is -0.250. The molecule has 1 fully saturated rings. The Morgan fingerprint density at radius 1 is 1.11 bits per heavy atom. The molecule has 8 N–H and O–H groups in total. The van der Waals surface area contributed by atoms with Gasteiger partial charge < -0.3 is 41.4 Å². The summed E-state index contributed by atoms with van der Waals surface area (Å²) >= 11 is 0. The van der Waals surface area contributed by atoms with Gasteiger partial charge in [0.1, 0.15) is 30.2 Å². The first-order chi connectivity index (χ1) is 17.3. The quantitative estimate of drug-likeness (QED) is 0.178. The topological polar surface area (TPSA) is 214 Å². The molecule has 4 atom stereocenters. The van der Waals surface area contributed by atoms with Crippen LogP contribution in [0.2, 0.25) is 0 Å². The Bertz CT molecular complexity index is 1430. The maximum Gasteiger partial charge on any atom is 0.224 e. The fourth-order valence-corrected chi connectivity index (χ4v) is 4.18. The molecular formula is C22H24N8O6. The average Bonchev–Trinajstić information content (AvgIpc) is 3.54. The normalized spacial score (nSPS) is 21.7. The Hall–Kier alpha value is -4.27. The van der Waals surface area contributed by atoms with Crippen molar-refractivity contribution in [1.82, 2.24) is 29.8 Å². The molecule has 0 spiro atoms. The van der Waals surface area contributed by atoms with Gasteiger partial charge in [-0.1, -0.05) is 6.07 Å². The van der Waals surface area contributed by atoms with Crippen molar-refractivity contribution in [2.24, 2.45) is 0 Å². The number of amides is 2. The van der Waals surface area contributed by atoms with Gasteiger partial charge in [0.2, 0.25) is 11.8 Å². The van der Waals surface area contributed by atoms with E-state index in [-0.39, 0.29) is 37.0 Å². The molecule has 4 aromatic rings. The van der Waals surface area contributed by atoms with Crippen molar-refractivity contribution < 1.29 is 29.6 Å². The van der Waals surface area contributed by atoms with Crippen molar-refractivity contribution >= 4 is 45.3 Å². The van der Waals surface area contributed by atoms with Gasteiger partial charge in [-0.2, -0.15) is 0 Å². The van der Waals surface area contributed by atoms with Crippen LogP contribution in [0.4, 0.5) is 11.5 Å². The summed E-state index contributed by atoms with van der Waals surface area (Å²) in [5.74, 6) is -0.630. The number of fused-ring (bicyclic) bond motifs is 2. The minimum Gasteiger partial charge on any atom is -0.494 e. The number of aliphatic hydroxyl groups is 2. The van der Waals surface area contributed by atoms with E-state index in [1.807, 2.05) is 0 Å². The molecule has 2 amide bonds. The lowest BCUT2D eigenvalue weighted by atomic mass is 10.1. The molecule has 14 nitrogen and oxygen atoms in total. The Labute approximate surface area is 203 Å². The number of ether oxygens (including phenoxy) is 1. The second kappa shape index (κ2) is 9.41. The molecule has 4 heterocycles. The number of aliphatic hydroxyl groups excluding tert-OH is 2.